The van der Waals surface area contributed by atoms with Crippen LogP contribution in [0.4, 0.5) is 4.39 Å². The van der Waals surface area contributed by atoms with Crippen LogP contribution in [0.25, 0.3) is 5.69 Å². The highest BCUT2D eigenvalue weighted by Crippen LogP contribution is 2.14. The fourth-order valence-corrected chi connectivity index (χ4v) is 2.52. The average Bonchev–Trinajstić information content (AvgIpc) is 3.07. The van der Waals surface area contributed by atoms with Crippen LogP contribution in [0.5, 0.6) is 0 Å². The van der Waals surface area contributed by atoms with Gasteiger partial charge in [-0.05, 0) is 42.8 Å². The van der Waals surface area contributed by atoms with Crippen molar-refractivity contribution in [3.8, 4) is 5.69 Å². The minimum Gasteiger partial charge on any atom is -0.451 e. The molecule has 1 aromatic heterocycles. The van der Waals surface area contributed by atoms with Crippen LogP contribution in [0.15, 0.2) is 48.5 Å². The van der Waals surface area contributed by atoms with Crippen molar-refractivity contribution >= 4 is 23.5 Å². The number of aromatic nitrogens is 3. The lowest BCUT2D eigenvalue weighted by Crippen LogP contribution is -2.28. The summed E-state index contributed by atoms with van der Waals surface area (Å²) in [4.78, 5) is 25.3. The van der Waals surface area contributed by atoms with Gasteiger partial charge >= 0.3 is 5.97 Å². The van der Waals surface area contributed by atoms with Gasteiger partial charge in [-0.3, -0.25) is 4.79 Å². The van der Waals surface area contributed by atoms with Crippen LogP contribution >= 0.6 is 11.6 Å². The number of hydrogen-bond acceptors (Lipinski definition) is 5. The maximum Gasteiger partial charge on any atom is 0.361 e. The maximum atomic E-state index is 12.9. The lowest BCUT2D eigenvalue weighted by molar-refractivity contribution is -0.124. The summed E-state index contributed by atoms with van der Waals surface area (Å²) in [5.41, 5.74) is 1.68. The van der Waals surface area contributed by atoms with Gasteiger partial charge in [0, 0.05) is 11.6 Å². The van der Waals surface area contributed by atoms with E-state index in [9.17, 15) is 14.0 Å². The van der Waals surface area contributed by atoms with Gasteiger partial charge in [-0.1, -0.05) is 29.8 Å². The van der Waals surface area contributed by atoms with Crippen molar-refractivity contribution < 1.29 is 18.7 Å². The summed E-state index contributed by atoms with van der Waals surface area (Å²) in [5.74, 6) is -1.61. The quantitative estimate of drug-likeness (QED) is 0.641. The predicted molar refractivity (Wildman–Crippen MR) is 99.6 cm³/mol. The highest BCUT2D eigenvalue weighted by molar-refractivity contribution is 6.30. The number of amides is 1. The fourth-order valence-electron chi connectivity index (χ4n) is 2.34. The molecule has 1 amide bonds. The number of nitrogens with zero attached hydrogens (tertiary/aromatic N) is 3. The number of halogens is 2. The third-order valence-corrected chi connectivity index (χ3v) is 3.99. The Balaban J connectivity index is 1.56. The highest BCUT2D eigenvalue weighted by Gasteiger charge is 2.19. The third-order valence-electron chi connectivity index (χ3n) is 3.75. The van der Waals surface area contributed by atoms with Crippen molar-refractivity contribution in [2.24, 2.45) is 0 Å². The number of nitrogens with one attached hydrogen (secondary N) is 1. The fraction of sp³-hybridized carbons (Fsp3) is 0.158. The molecule has 9 heteroatoms. The van der Waals surface area contributed by atoms with Gasteiger partial charge in [0.05, 0.1) is 11.4 Å². The molecule has 2 aromatic carbocycles. The molecule has 0 radical (unpaired) electrons. The smallest absolute Gasteiger partial charge is 0.361 e. The Kier molecular flexibility index (Phi) is 6.00. The first-order chi connectivity index (χ1) is 13.4. The van der Waals surface area contributed by atoms with E-state index in [4.69, 9.17) is 16.3 Å². The molecule has 0 saturated carbocycles. The van der Waals surface area contributed by atoms with Gasteiger partial charge in [-0.2, -0.15) is 9.90 Å². The summed E-state index contributed by atoms with van der Waals surface area (Å²) in [5, 5.41) is 11.4. The number of hydrogen-bond donors (Lipinski definition) is 1. The number of esters is 1. The molecule has 0 aliphatic carbocycles. The molecule has 28 heavy (non-hydrogen) atoms. The first-order valence-corrected chi connectivity index (χ1v) is 8.68. The molecule has 1 N–H and O–H groups in total. The first kappa shape index (κ1) is 19.5. The first-order valence-electron chi connectivity index (χ1n) is 8.30. The molecule has 0 spiro atoms. The van der Waals surface area contributed by atoms with Crippen molar-refractivity contribution in [3.63, 3.8) is 0 Å². The van der Waals surface area contributed by atoms with E-state index < -0.39 is 18.5 Å². The lowest BCUT2D eigenvalue weighted by Gasteiger charge is -2.06. The zero-order valence-corrected chi connectivity index (χ0v) is 15.6. The molecule has 0 aliphatic heterocycles. The summed E-state index contributed by atoms with van der Waals surface area (Å²) < 4.78 is 17.9. The van der Waals surface area contributed by atoms with E-state index in [1.807, 2.05) is 0 Å². The predicted octanol–water partition coefficient (Wildman–Crippen LogP) is 2.84. The third kappa shape index (κ3) is 4.92. The Labute approximate surface area is 165 Å². The Morgan fingerprint density at radius 3 is 2.64 bits per heavy atom. The van der Waals surface area contributed by atoms with Crippen molar-refractivity contribution in [3.05, 3.63) is 76.3 Å². The van der Waals surface area contributed by atoms with Gasteiger partial charge in [0.25, 0.3) is 5.91 Å². The van der Waals surface area contributed by atoms with Crippen LogP contribution in [0.1, 0.15) is 21.7 Å². The summed E-state index contributed by atoms with van der Waals surface area (Å²) >= 11 is 5.95. The minimum atomic E-state index is -0.761. The number of carbonyl (C=O) groups is 2. The second-order valence-corrected chi connectivity index (χ2v) is 6.32. The van der Waals surface area contributed by atoms with Gasteiger partial charge in [0.15, 0.2) is 12.3 Å². The SMILES string of the molecule is Cc1nn(-c2cccc(Cl)c2)nc1C(=O)OCC(=O)NCc1ccc(F)cc1. The van der Waals surface area contributed by atoms with Crippen LogP contribution in [-0.4, -0.2) is 33.5 Å². The number of benzene rings is 2. The average molecular weight is 403 g/mol. The summed E-state index contributed by atoms with van der Waals surface area (Å²) in [6, 6.07) is 12.5. The number of carbonyl (C=O) groups excluding carboxylic acids is 2. The van der Waals surface area contributed by atoms with Crippen molar-refractivity contribution in [1.29, 1.82) is 0 Å². The molecule has 0 unspecified atom stereocenters. The molecule has 0 fully saturated rings. The number of ether oxygens (including phenoxy) is 1. The van der Waals surface area contributed by atoms with Crippen LogP contribution < -0.4 is 5.32 Å². The molecule has 7 nitrogen and oxygen atoms in total. The molecular weight excluding hydrogens is 387 g/mol. The molecule has 0 bridgehead atoms. The second kappa shape index (κ2) is 8.62. The molecular formula is C19H16ClFN4O3. The van der Waals surface area contributed by atoms with Crippen LogP contribution in [-0.2, 0) is 16.1 Å². The monoisotopic (exact) mass is 402 g/mol. The molecule has 144 valence electrons. The Bertz CT molecular complexity index is 1000. The Hall–Kier alpha value is -3.26. The van der Waals surface area contributed by atoms with Gasteiger partial charge in [-0.25, -0.2) is 9.18 Å². The van der Waals surface area contributed by atoms with Crippen molar-refractivity contribution in [2.75, 3.05) is 6.61 Å². The molecule has 0 aliphatic rings. The normalized spacial score (nSPS) is 10.5. The molecule has 1 heterocycles. The Morgan fingerprint density at radius 2 is 1.93 bits per heavy atom. The molecule has 3 aromatic rings. The van der Waals surface area contributed by atoms with E-state index in [-0.39, 0.29) is 18.1 Å². The number of aryl methyl sites for hydroxylation is 1. The van der Waals surface area contributed by atoms with Crippen LogP contribution in [0.2, 0.25) is 5.02 Å². The van der Waals surface area contributed by atoms with Crippen LogP contribution in [0.3, 0.4) is 0 Å². The van der Waals surface area contributed by atoms with E-state index in [2.05, 4.69) is 15.5 Å². The van der Waals surface area contributed by atoms with E-state index in [1.54, 1.807) is 43.3 Å². The van der Waals surface area contributed by atoms with E-state index in [1.165, 1.54) is 16.9 Å². The Morgan fingerprint density at radius 1 is 1.18 bits per heavy atom. The topological polar surface area (TPSA) is 86.1 Å². The lowest BCUT2D eigenvalue weighted by atomic mass is 10.2. The van der Waals surface area contributed by atoms with Gasteiger partial charge in [-0.15, -0.1) is 5.10 Å². The zero-order valence-electron chi connectivity index (χ0n) is 14.9. The molecule has 3 rings (SSSR count). The molecule has 0 atom stereocenters. The highest BCUT2D eigenvalue weighted by atomic mass is 35.5. The van der Waals surface area contributed by atoms with Gasteiger partial charge < -0.3 is 10.1 Å². The summed E-state index contributed by atoms with van der Waals surface area (Å²) in [7, 11) is 0. The minimum absolute atomic E-state index is 0.00584. The van der Waals surface area contributed by atoms with Crippen molar-refractivity contribution in [1.82, 2.24) is 20.3 Å². The zero-order chi connectivity index (χ0) is 20.1. The van der Waals surface area contributed by atoms with E-state index in [0.29, 0.717) is 16.4 Å². The van der Waals surface area contributed by atoms with E-state index >= 15 is 0 Å². The van der Waals surface area contributed by atoms with Gasteiger partial charge in [0.2, 0.25) is 0 Å². The number of rotatable bonds is 6. The summed E-state index contributed by atoms with van der Waals surface area (Å²) in [6.45, 7) is 1.34. The van der Waals surface area contributed by atoms with E-state index in [0.717, 1.165) is 5.56 Å². The second-order valence-electron chi connectivity index (χ2n) is 5.88. The van der Waals surface area contributed by atoms with Gasteiger partial charge in [0.1, 0.15) is 5.82 Å². The van der Waals surface area contributed by atoms with Crippen LogP contribution in [0, 0.1) is 12.7 Å². The van der Waals surface area contributed by atoms with Crippen molar-refractivity contribution in [2.45, 2.75) is 13.5 Å². The molecule has 0 saturated heterocycles. The largest absolute Gasteiger partial charge is 0.451 e. The standard InChI is InChI=1S/C19H16ClFN4O3/c1-12-18(24-25(23-12)16-4-2-3-14(20)9-16)19(27)28-11-17(26)22-10-13-5-7-15(21)8-6-13/h2-9H,10-11H2,1H3,(H,22,26). The maximum absolute atomic E-state index is 12.9. The summed E-state index contributed by atoms with van der Waals surface area (Å²) in [6.07, 6.45) is 0.